The second-order valence-corrected chi connectivity index (χ2v) is 5.76. The molecule has 0 radical (unpaired) electrons. The molecule has 0 saturated carbocycles. The lowest BCUT2D eigenvalue weighted by atomic mass is 9.94. The molecule has 1 fully saturated rings. The largest absolute Gasteiger partial charge is 0.390 e. The van der Waals surface area contributed by atoms with E-state index in [1.54, 1.807) is 18.3 Å². The van der Waals surface area contributed by atoms with Crippen molar-refractivity contribution < 1.29 is 9.23 Å². The van der Waals surface area contributed by atoms with Crippen LogP contribution in [0.1, 0.15) is 11.1 Å². The first-order valence-electron chi connectivity index (χ1n) is 7.41. The van der Waals surface area contributed by atoms with Crippen LogP contribution < -0.4 is 0 Å². The third-order valence-electron chi connectivity index (χ3n) is 4.26. The van der Waals surface area contributed by atoms with Gasteiger partial charge in [0.15, 0.2) is 0 Å². The van der Waals surface area contributed by atoms with Gasteiger partial charge in [0.2, 0.25) is 0 Å². The van der Waals surface area contributed by atoms with Gasteiger partial charge < -0.3 is 4.84 Å². The first-order chi connectivity index (χ1) is 10.8. The van der Waals surface area contributed by atoms with Crippen LogP contribution in [0.5, 0.6) is 0 Å². The fraction of sp³-hybridized carbons (Fsp3) is 0.294. The van der Waals surface area contributed by atoms with Crippen molar-refractivity contribution in [3.05, 3.63) is 65.7 Å². The van der Waals surface area contributed by atoms with Crippen LogP contribution in [0.25, 0.3) is 0 Å². The molecule has 2 unspecified atom stereocenters. The maximum atomic E-state index is 14.0. The summed E-state index contributed by atoms with van der Waals surface area (Å²) in [5, 5.41) is 4.13. The number of pyridine rings is 1. The van der Waals surface area contributed by atoms with Crippen molar-refractivity contribution in [3.8, 4) is 0 Å². The van der Waals surface area contributed by atoms with Crippen LogP contribution in [-0.2, 0) is 11.4 Å². The molecule has 1 aromatic heterocycles. The quantitative estimate of drug-likeness (QED) is 0.873. The lowest BCUT2D eigenvalue weighted by molar-refractivity contribution is 0.0745. The van der Waals surface area contributed by atoms with E-state index in [1.165, 1.54) is 11.6 Å². The van der Waals surface area contributed by atoms with Gasteiger partial charge in [-0.05, 0) is 17.7 Å². The molecule has 4 rings (SSSR count). The van der Waals surface area contributed by atoms with Crippen LogP contribution in [0.2, 0.25) is 0 Å². The Balaban J connectivity index is 1.51. The van der Waals surface area contributed by atoms with E-state index < -0.39 is 0 Å². The lowest BCUT2D eigenvalue weighted by Crippen LogP contribution is -2.23. The molecule has 4 nitrogen and oxygen atoms in total. The molecule has 2 atom stereocenters. The number of oxime groups is 1. The number of halogens is 1. The zero-order chi connectivity index (χ0) is 14.9. The van der Waals surface area contributed by atoms with Gasteiger partial charge in [0, 0.05) is 37.6 Å². The normalized spacial score (nSPS) is 24.0. The van der Waals surface area contributed by atoms with Gasteiger partial charge in [0.05, 0.1) is 11.6 Å². The van der Waals surface area contributed by atoms with Crippen molar-refractivity contribution >= 4 is 5.71 Å². The Labute approximate surface area is 128 Å². The Bertz CT molecular complexity index is 704. The number of aromatic nitrogens is 1. The molecule has 112 valence electrons. The van der Waals surface area contributed by atoms with Gasteiger partial charge in [-0.15, -0.1) is 0 Å². The minimum absolute atomic E-state index is 0.0197. The predicted molar refractivity (Wildman–Crippen MR) is 80.8 cm³/mol. The molecule has 2 aliphatic rings. The number of likely N-dealkylation sites (tertiary alicyclic amines) is 1. The molecule has 3 heterocycles. The molecule has 2 aromatic rings. The van der Waals surface area contributed by atoms with Gasteiger partial charge in [0.1, 0.15) is 11.9 Å². The van der Waals surface area contributed by atoms with Gasteiger partial charge in [-0.2, -0.15) is 0 Å². The van der Waals surface area contributed by atoms with E-state index in [0.29, 0.717) is 5.56 Å². The van der Waals surface area contributed by atoms with Gasteiger partial charge in [0.25, 0.3) is 0 Å². The van der Waals surface area contributed by atoms with E-state index in [9.17, 15) is 4.39 Å². The predicted octanol–water partition coefficient (Wildman–Crippen LogP) is 2.46. The van der Waals surface area contributed by atoms with E-state index in [1.807, 2.05) is 18.3 Å². The highest BCUT2D eigenvalue weighted by Gasteiger charge is 2.43. The SMILES string of the molecule is Fc1ccccc1C1=NOC2CN(Cc3cccnc3)CC12. The van der Waals surface area contributed by atoms with Crippen molar-refractivity contribution in [3.63, 3.8) is 0 Å². The maximum Gasteiger partial charge on any atom is 0.149 e. The standard InChI is InChI=1S/C17H16FN3O/c18-15-6-2-1-5-13(15)17-14-10-21(11-16(14)22-20-17)9-12-4-3-7-19-8-12/h1-8,14,16H,9-11H2. The summed E-state index contributed by atoms with van der Waals surface area (Å²) >= 11 is 0. The molecular formula is C17H16FN3O. The molecule has 1 saturated heterocycles. The van der Waals surface area contributed by atoms with E-state index in [0.717, 1.165) is 25.3 Å². The number of benzene rings is 1. The number of nitrogens with zero attached hydrogens (tertiary/aromatic N) is 3. The highest BCUT2D eigenvalue weighted by atomic mass is 19.1. The Morgan fingerprint density at radius 1 is 1.18 bits per heavy atom. The van der Waals surface area contributed by atoms with Gasteiger partial charge in [-0.1, -0.05) is 29.4 Å². The van der Waals surface area contributed by atoms with E-state index in [2.05, 4.69) is 21.1 Å². The fourth-order valence-electron chi connectivity index (χ4n) is 3.21. The number of rotatable bonds is 3. The van der Waals surface area contributed by atoms with E-state index in [4.69, 9.17) is 4.84 Å². The molecule has 0 spiro atoms. The topological polar surface area (TPSA) is 37.7 Å². The summed E-state index contributed by atoms with van der Waals surface area (Å²) in [7, 11) is 0. The zero-order valence-electron chi connectivity index (χ0n) is 12.0. The summed E-state index contributed by atoms with van der Waals surface area (Å²) in [6.45, 7) is 2.46. The summed E-state index contributed by atoms with van der Waals surface area (Å²) in [5.74, 6) is -0.107. The zero-order valence-corrected chi connectivity index (χ0v) is 12.0. The molecule has 0 bridgehead atoms. The van der Waals surface area contributed by atoms with Gasteiger partial charge >= 0.3 is 0 Å². The van der Waals surface area contributed by atoms with Crippen molar-refractivity contribution in [2.24, 2.45) is 11.1 Å². The fourth-order valence-corrected chi connectivity index (χ4v) is 3.21. The molecule has 1 aromatic carbocycles. The van der Waals surface area contributed by atoms with Gasteiger partial charge in [-0.3, -0.25) is 9.88 Å². The Kier molecular flexibility index (Phi) is 3.35. The average molecular weight is 297 g/mol. The van der Waals surface area contributed by atoms with Crippen molar-refractivity contribution in [2.75, 3.05) is 13.1 Å². The smallest absolute Gasteiger partial charge is 0.149 e. The van der Waals surface area contributed by atoms with E-state index >= 15 is 0 Å². The van der Waals surface area contributed by atoms with Crippen LogP contribution >= 0.6 is 0 Å². The Hall–Kier alpha value is -2.27. The average Bonchev–Trinajstić information content (AvgIpc) is 3.09. The second-order valence-electron chi connectivity index (χ2n) is 5.76. The van der Waals surface area contributed by atoms with Crippen molar-refractivity contribution in [1.82, 2.24) is 9.88 Å². The lowest BCUT2D eigenvalue weighted by Gasteiger charge is -2.16. The number of hydrogen-bond donors (Lipinski definition) is 0. The van der Waals surface area contributed by atoms with Crippen LogP contribution in [0.15, 0.2) is 53.9 Å². The summed E-state index contributed by atoms with van der Waals surface area (Å²) in [4.78, 5) is 12.0. The number of fused-ring (bicyclic) bond motifs is 1. The van der Waals surface area contributed by atoms with Gasteiger partial charge in [-0.25, -0.2) is 4.39 Å². The summed E-state index contributed by atoms with van der Waals surface area (Å²) in [6, 6.07) is 10.8. The van der Waals surface area contributed by atoms with Crippen LogP contribution in [0, 0.1) is 11.7 Å². The van der Waals surface area contributed by atoms with Crippen LogP contribution in [-0.4, -0.2) is 34.8 Å². The second kappa shape index (κ2) is 5.50. The first kappa shape index (κ1) is 13.4. The molecule has 0 aliphatic carbocycles. The molecular weight excluding hydrogens is 281 g/mol. The van der Waals surface area contributed by atoms with Crippen LogP contribution in [0.4, 0.5) is 4.39 Å². The summed E-state index contributed by atoms with van der Waals surface area (Å²) < 4.78 is 14.0. The summed E-state index contributed by atoms with van der Waals surface area (Å²) in [5.41, 5.74) is 2.46. The highest BCUT2D eigenvalue weighted by molar-refractivity contribution is 6.03. The Morgan fingerprint density at radius 3 is 2.91 bits per heavy atom. The highest BCUT2D eigenvalue weighted by Crippen LogP contribution is 2.31. The van der Waals surface area contributed by atoms with E-state index in [-0.39, 0.29) is 17.8 Å². The third kappa shape index (κ3) is 2.37. The minimum atomic E-state index is -0.240. The minimum Gasteiger partial charge on any atom is -0.390 e. The molecule has 5 heteroatoms. The monoisotopic (exact) mass is 297 g/mol. The van der Waals surface area contributed by atoms with Crippen LogP contribution in [0.3, 0.4) is 0 Å². The molecule has 0 N–H and O–H groups in total. The molecule has 22 heavy (non-hydrogen) atoms. The van der Waals surface area contributed by atoms with Crippen molar-refractivity contribution in [2.45, 2.75) is 12.6 Å². The molecule has 2 aliphatic heterocycles. The third-order valence-corrected chi connectivity index (χ3v) is 4.26. The first-order valence-corrected chi connectivity index (χ1v) is 7.41. The van der Waals surface area contributed by atoms with Crippen molar-refractivity contribution in [1.29, 1.82) is 0 Å². The molecule has 0 amide bonds. The Morgan fingerprint density at radius 2 is 2.09 bits per heavy atom. The maximum absolute atomic E-state index is 14.0. The summed E-state index contributed by atoms with van der Waals surface area (Å²) in [6.07, 6.45) is 3.67. The number of hydrogen-bond acceptors (Lipinski definition) is 4.